The molecule has 0 unspecified atom stereocenters. The zero-order chi connectivity index (χ0) is 15.3. The molecule has 0 rings (SSSR count). The topological polar surface area (TPSA) is 43.4 Å². The largest absolute Gasteiger partial charge is 0.523 e. The number of rotatable bonds is 7. The van der Waals surface area contributed by atoms with Crippen LogP contribution in [-0.4, -0.2) is 26.2 Å². The molecule has 0 heterocycles. The molecule has 0 amide bonds. The first-order valence-electron chi connectivity index (χ1n) is 5.48. The third-order valence-corrected chi connectivity index (χ3v) is 3.26. The number of hydrogen-bond acceptors (Lipinski definition) is 3. The molecule has 1 atom stereocenters. The fourth-order valence-electron chi connectivity index (χ4n) is 1.23. The first-order valence-corrected chi connectivity index (χ1v) is 6.89. The van der Waals surface area contributed by atoms with Gasteiger partial charge < -0.3 is 0 Å². The molecule has 19 heavy (non-hydrogen) atoms. The average Bonchev–Trinajstić information content (AvgIpc) is 2.19. The van der Waals surface area contributed by atoms with Gasteiger partial charge in [0.1, 0.15) is 0 Å². The monoisotopic (exact) mass is 316 g/mol. The highest BCUT2D eigenvalue weighted by Crippen LogP contribution is 2.33. The minimum Gasteiger partial charge on any atom is -0.250 e. The molecule has 0 spiro atoms. The number of alkyl halides is 6. The summed E-state index contributed by atoms with van der Waals surface area (Å²) in [5, 5.41) is 0. The van der Waals surface area contributed by atoms with E-state index in [1.54, 1.807) is 6.92 Å². The molecular weight excluding hydrogens is 302 g/mol. The number of unbranched alkanes of at least 4 members (excludes halogenated alkanes) is 3. The van der Waals surface area contributed by atoms with Crippen LogP contribution in [0.1, 0.15) is 39.0 Å². The maximum absolute atomic E-state index is 12.4. The van der Waals surface area contributed by atoms with Crippen molar-refractivity contribution in [3.8, 4) is 0 Å². The predicted octanol–water partition coefficient (Wildman–Crippen LogP) is 3.75. The Morgan fingerprint density at radius 3 is 1.89 bits per heavy atom. The molecule has 0 saturated heterocycles. The molecule has 0 saturated carbocycles. The molecule has 0 aromatic heterocycles. The Morgan fingerprint density at radius 1 is 1.00 bits per heavy atom. The molecule has 0 aliphatic carbocycles. The summed E-state index contributed by atoms with van der Waals surface area (Å²) in [6.07, 6.45) is -7.32. The van der Waals surface area contributed by atoms with Crippen LogP contribution < -0.4 is 0 Å². The van der Waals surface area contributed by atoms with Crippen molar-refractivity contribution in [3.63, 3.8) is 0 Å². The molecule has 0 aliphatic heterocycles. The van der Waals surface area contributed by atoms with Crippen LogP contribution in [0.2, 0.25) is 0 Å². The van der Waals surface area contributed by atoms with Gasteiger partial charge in [0.05, 0.1) is 0 Å². The first-order chi connectivity index (χ1) is 8.42. The van der Waals surface area contributed by atoms with E-state index < -0.39 is 34.3 Å². The summed E-state index contributed by atoms with van der Waals surface area (Å²) in [6, 6.07) is 0. The lowest BCUT2D eigenvalue weighted by Crippen LogP contribution is -2.38. The Morgan fingerprint density at radius 2 is 1.53 bits per heavy atom. The van der Waals surface area contributed by atoms with Gasteiger partial charge in [0.15, 0.2) is 6.10 Å². The van der Waals surface area contributed by atoms with Gasteiger partial charge in [-0.15, -0.1) is 0 Å². The molecule has 0 aliphatic rings. The molecule has 0 radical (unpaired) electrons. The summed E-state index contributed by atoms with van der Waals surface area (Å²) >= 11 is 0. The summed E-state index contributed by atoms with van der Waals surface area (Å²) in [7, 11) is -6.24. The summed E-state index contributed by atoms with van der Waals surface area (Å²) in [6.45, 7) is 1.80. The highest BCUT2D eigenvalue weighted by Gasteiger charge is 2.53. The first kappa shape index (κ1) is 18.5. The van der Waals surface area contributed by atoms with Crippen LogP contribution in [-0.2, 0) is 14.3 Å². The normalized spacial score (nSPS) is 15.5. The van der Waals surface area contributed by atoms with E-state index in [1.807, 2.05) is 0 Å². The fraction of sp³-hybridized carbons (Fsp3) is 1.00. The SMILES string of the molecule is CCCCCC[C@@H](OS(=O)(=O)C(F)(F)F)C(F)(F)F. The highest BCUT2D eigenvalue weighted by atomic mass is 32.2. The minimum absolute atomic E-state index is 0.0641. The average molecular weight is 316 g/mol. The molecule has 0 N–H and O–H groups in total. The fourth-order valence-corrected chi connectivity index (χ4v) is 1.85. The quantitative estimate of drug-likeness (QED) is 0.311. The van der Waals surface area contributed by atoms with E-state index in [0.29, 0.717) is 12.8 Å². The zero-order valence-electron chi connectivity index (χ0n) is 10.0. The Balaban J connectivity index is 4.72. The Hall–Kier alpha value is -0.510. The summed E-state index contributed by atoms with van der Waals surface area (Å²) in [4.78, 5) is 0. The van der Waals surface area contributed by atoms with Gasteiger partial charge in [-0.1, -0.05) is 32.6 Å². The lowest BCUT2D eigenvalue weighted by Gasteiger charge is -2.20. The maximum Gasteiger partial charge on any atom is 0.523 e. The van der Waals surface area contributed by atoms with Crippen molar-refractivity contribution >= 4 is 10.1 Å². The molecule has 0 bridgehead atoms. The van der Waals surface area contributed by atoms with E-state index in [4.69, 9.17) is 0 Å². The van der Waals surface area contributed by atoms with Gasteiger partial charge in [-0.2, -0.15) is 34.8 Å². The van der Waals surface area contributed by atoms with Crippen LogP contribution in [0.4, 0.5) is 26.3 Å². The van der Waals surface area contributed by atoms with Gasteiger partial charge in [-0.25, -0.2) is 0 Å². The Kier molecular flexibility index (Phi) is 6.60. The molecule has 3 nitrogen and oxygen atoms in total. The standard InChI is InChI=1S/C9H14F6O3S/c1-2-3-4-5-6-7(8(10,11)12)18-19(16,17)9(13,14)15/h7H,2-6H2,1H3/t7-/m1/s1. The number of halogens is 6. The van der Waals surface area contributed by atoms with Crippen LogP contribution in [0.3, 0.4) is 0 Å². The Bertz CT molecular complexity index is 359. The van der Waals surface area contributed by atoms with Gasteiger partial charge in [0.2, 0.25) is 0 Å². The van der Waals surface area contributed by atoms with Crippen molar-refractivity contribution < 1.29 is 38.9 Å². The maximum atomic E-state index is 12.4. The van der Waals surface area contributed by atoms with Crippen LogP contribution in [0.5, 0.6) is 0 Å². The van der Waals surface area contributed by atoms with Crippen molar-refractivity contribution in [1.82, 2.24) is 0 Å². The van der Waals surface area contributed by atoms with E-state index >= 15 is 0 Å². The zero-order valence-corrected chi connectivity index (χ0v) is 10.8. The second-order valence-corrected chi connectivity index (χ2v) is 5.44. The van der Waals surface area contributed by atoms with Gasteiger partial charge in [0, 0.05) is 0 Å². The Labute approximate surface area is 107 Å². The second kappa shape index (κ2) is 6.78. The molecule has 0 aromatic carbocycles. The van der Waals surface area contributed by atoms with E-state index in [2.05, 4.69) is 4.18 Å². The van der Waals surface area contributed by atoms with Crippen molar-refractivity contribution in [2.75, 3.05) is 0 Å². The van der Waals surface area contributed by atoms with Crippen molar-refractivity contribution in [3.05, 3.63) is 0 Å². The van der Waals surface area contributed by atoms with Crippen LogP contribution in [0.15, 0.2) is 0 Å². The lowest BCUT2D eigenvalue weighted by atomic mass is 10.1. The lowest BCUT2D eigenvalue weighted by molar-refractivity contribution is -0.199. The second-order valence-electron chi connectivity index (χ2n) is 3.88. The van der Waals surface area contributed by atoms with Crippen LogP contribution in [0.25, 0.3) is 0 Å². The van der Waals surface area contributed by atoms with Crippen molar-refractivity contribution in [1.29, 1.82) is 0 Å². The van der Waals surface area contributed by atoms with Crippen molar-refractivity contribution in [2.24, 2.45) is 0 Å². The molecule has 116 valence electrons. The summed E-state index contributed by atoms with van der Waals surface area (Å²) in [5.41, 5.74) is -5.86. The van der Waals surface area contributed by atoms with E-state index in [-0.39, 0.29) is 6.42 Å². The van der Waals surface area contributed by atoms with Crippen LogP contribution in [0, 0.1) is 0 Å². The molecule has 0 aromatic rings. The number of hydrogen-bond donors (Lipinski definition) is 0. The molecule has 0 fully saturated rings. The van der Waals surface area contributed by atoms with E-state index in [0.717, 1.165) is 6.42 Å². The van der Waals surface area contributed by atoms with Gasteiger partial charge in [-0.05, 0) is 6.42 Å². The van der Waals surface area contributed by atoms with Crippen molar-refractivity contribution in [2.45, 2.75) is 56.8 Å². The molecule has 10 heteroatoms. The minimum atomic E-state index is -6.24. The third kappa shape index (κ3) is 6.46. The third-order valence-electron chi connectivity index (χ3n) is 2.21. The van der Waals surface area contributed by atoms with E-state index in [9.17, 15) is 34.8 Å². The smallest absolute Gasteiger partial charge is 0.250 e. The van der Waals surface area contributed by atoms with Crippen LogP contribution >= 0.6 is 0 Å². The molecular formula is C9H14F6O3S. The van der Waals surface area contributed by atoms with Gasteiger partial charge in [0.25, 0.3) is 0 Å². The predicted molar refractivity (Wildman–Crippen MR) is 54.7 cm³/mol. The summed E-state index contributed by atoms with van der Waals surface area (Å²) in [5.74, 6) is 0. The van der Waals surface area contributed by atoms with E-state index in [1.165, 1.54) is 0 Å². The van der Waals surface area contributed by atoms with Gasteiger partial charge >= 0.3 is 21.8 Å². The summed E-state index contributed by atoms with van der Waals surface area (Å²) < 4.78 is 97.4. The highest BCUT2D eigenvalue weighted by molar-refractivity contribution is 7.87. The van der Waals surface area contributed by atoms with Gasteiger partial charge in [-0.3, -0.25) is 4.18 Å².